The van der Waals surface area contributed by atoms with Gasteiger partial charge in [0.25, 0.3) is 11.1 Å². The number of thioether (sulfide) groups is 1. The van der Waals surface area contributed by atoms with Crippen LogP contribution in [-0.4, -0.2) is 53.9 Å². The summed E-state index contributed by atoms with van der Waals surface area (Å²) in [6.45, 7) is -0.510. The number of benzene rings is 2. The van der Waals surface area contributed by atoms with Gasteiger partial charge in [0, 0.05) is 0 Å². The van der Waals surface area contributed by atoms with Crippen molar-refractivity contribution in [2.75, 3.05) is 20.8 Å². The Kier molecular flexibility index (Phi) is 7.16. The number of esters is 1. The van der Waals surface area contributed by atoms with Gasteiger partial charge in [-0.1, -0.05) is 18.2 Å². The molecule has 1 aliphatic rings. The first-order valence-corrected chi connectivity index (χ1v) is 10.1. The van der Waals surface area contributed by atoms with Crippen LogP contribution in [0.25, 0.3) is 6.08 Å². The second-order valence-corrected chi connectivity index (χ2v) is 7.55. The summed E-state index contributed by atoms with van der Waals surface area (Å²) >= 11 is 0.800. The predicted molar refractivity (Wildman–Crippen MR) is 115 cm³/mol. The van der Waals surface area contributed by atoms with Crippen LogP contribution >= 0.6 is 11.8 Å². The van der Waals surface area contributed by atoms with Crippen molar-refractivity contribution in [1.82, 2.24) is 4.90 Å². The molecule has 3 rings (SSSR count). The Balaban J connectivity index is 1.78. The van der Waals surface area contributed by atoms with Crippen LogP contribution in [0, 0.1) is 0 Å². The zero-order valence-electron chi connectivity index (χ0n) is 17.2. The maximum Gasteiger partial charge on any atom is 0.341 e. The zero-order valence-corrected chi connectivity index (χ0v) is 18.0. The van der Waals surface area contributed by atoms with Crippen molar-refractivity contribution in [3.63, 3.8) is 0 Å². The van der Waals surface area contributed by atoms with Crippen molar-refractivity contribution < 1.29 is 38.5 Å². The van der Waals surface area contributed by atoms with Gasteiger partial charge in [-0.05, 0) is 53.2 Å². The molecule has 2 aromatic rings. The van der Waals surface area contributed by atoms with Gasteiger partial charge in [-0.15, -0.1) is 0 Å². The summed E-state index contributed by atoms with van der Waals surface area (Å²) in [6.07, 6.45) is 1.54. The fourth-order valence-corrected chi connectivity index (χ4v) is 3.76. The average Bonchev–Trinajstić information content (AvgIpc) is 3.04. The van der Waals surface area contributed by atoms with Gasteiger partial charge in [0.2, 0.25) is 0 Å². The van der Waals surface area contributed by atoms with E-state index in [9.17, 15) is 19.2 Å². The van der Waals surface area contributed by atoms with E-state index in [-0.39, 0.29) is 17.2 Å². The van der Waals surface area contributed by atoms with E-state index in [1.807, 2.05) is 0 Å². The van der Waals surface area contributed by atoms with E-state index in [0.29, 0.717) is 22.4 Å². The van der Waals surface area contributed by atoms with Crippen molar-refractivity contribution in [3.05, 3.63) is 64.1 Å². The van der Waals surface area contributed by atoms with Crippen molar-refractivity contribution in [2.45, 2.75) is 6.54 Å². The third-order valence-electron chi connectivity index (χ3n) is 4.40. The molecule has 1 aliphatic heterocycles. The van der Waals surface area contributed by atoms with E-state index in [1.165, 1.54) is 20.3 Å². The smallest absolute Gasteiger partial charge is 0.341 e. The Morgan fingerprint density at radius 2 is 1.88 bits per heavy atom. The minimum Gasteiger partial charge on any atom is -0.493 e. The molecule has 0 radical (unpaired) electrons. The third kappa shape index (κ3) is 5.27. The van der Waals surface area contributed by atoms with Crippen LogP contribution in [0.4, 0.5) is 4.79 Å². The van der Waals surface area contributed by atoms with Crippen LogP contribution in [0.5, 0.6) is 11.5 Å². The monoisotopic (exact) mass is 457 g/mol. The van der Waals surface area contributed by atoms with Crippen LogP contribution < -0.4 is 9.47 Å². The SMILES string of the molecule is COC(=O)c1cccc(CN2C(=O)S/C(=C\c3ccc(OCC(=O)O)c(OC)c3)C2=O)c1. The molecule has 1 saturated heterocycles. The molecule has 0 spiro atoms. The Morgan fingerprint density at radius 3 is 2.56 bits per heavy atom. The molecule has 2 aromatic carbocycles. The van der Waals surface area contributed by atoms with E-state index >= 15 is 0 Å². The fourth-order valence-electron chi connectivity index (χ4n) is 2.92. The lowest BCUT2D eigenvalue weighted by molar-refractivity contribution is -0.139. The van der Waals surface area contributed by atoms with Gasteiger partial charge in [0.05, 0.1) is 31.2 Å². The second-order valence-electron chi connectivity index (χ2n) is 6.55. The molecule has 1 N–H and O–H groups in total. The molecule has 1 heterocycles. The molecule has 10 heteroatoms. The fraction of sp³-hybridized carbons (Fsp3) is 0.182. The maximum atomic E-state index is 12.8. The number of carbonyl (C=O) groups excluding carboxylic acids is 3. The molecule has 32 heavy (non-hydrogen) atoms. The van der Waals surface area contributed by atoms with Crippen LogP contribution in [0.15, 0.2) is 47.4 Å². The number of carbonyl (C=O) groups is 4. The van der Waals surface area contributed by atoms with Gasteiger partial charge in [0.1, 0.15) is 0 Å². The number of hydrogen-bond acceptors (Lipinski definition) is 8. The van der Waals surface area contributed by atoms with Crippen LogP contribution in [0.3, 0.4) is 0 Å². The number of carboxylic acids is 1. The lowest BCUT2D eigenvalue weighted by Gasteiger charge is -2.13. The molecule has 1 fully saturated rings. The minimum absolute atomic E-state index is 0.0120. The molecule has 166 valence electrons. The highest BCUT2D eigenvalue weighted by molar-refractivity contribution is 8.18. The van der Waals surface area contributed by atoms with Crippen LogP contribution in [0.2, 0.25) is 0 Å². The number of nitrogens with zero attached hydrogens (tertiary/aromatic N) is 1. The number of amides is 2. The summed E-state index contributed by atoms with van der Waals surface area (Å²) in [4.78, 5) is 48.9. The molecule has 0 unspecified atom stereocenters. The van der Waals surface area contributed by atoms with E-state index in [0.717, 1.165) is 16.7 Å². The Morgan fingerprint density at radius 1 is 1.09 bits per heavy atom. The average molecular weight is 457 g/mol. The molecule has 0 atom stereocenters. The molecule has 0 aliphatic carbocycles. The van der Waals surface area contributed by atoms with Crippen LogP contribution in [-0.2, 0) is 20.9 Å². The molecule has 0 bridgehead atoms. The van der Waals surface area contributed by atoms with Gasteiger partial charge in [-0.25, -0.2) is 9.59 Å². The number of carboxylic acid groups (broad SMARTS) is 1. The summed E-state index contributed by atoms with van der Waals surface area (Å²) in [5, 5.41) is 8.31. The van der Waals surface area contributed by atoms with Gasteiger partial charge in [-0.2, -0.15) is 0 Å². The van der Waals surface area contributed by atoms with E-state index in [4.69, 9.17) is 19.3 Å². The van der Waals surface area contributed by atoms with Gasteiger partial charge >= 0.3 is 11.9 Å². The van der Waals surface area contributed by atoms with E-state index < -0.39 is 29.7 Å². The third-order valence-corrected chi connectivity index (χ3v) is 5.31. The summed E-state index contributed by atoms with van der Waals surface area (Å²) in [5.74, 6) is -1.56. The highest BCUT2D eigenvalue weighted by atomic mass is 32.2. The Hall–Kier alpha value is -3.79. The first-order chi connectivity index (χ1) is 15.3. The molecule has 2 amide bonds. The standard InChI is InChI=1S/C22H19NO8S/c1-29-17-9-13(6-7-16(17)31-12-19(24)25)10-18-20(26)23(22(28)32-18)11-14-4-3-5-15(8-14)21(27)30-2/h3-10H,11-12H2,1-2H3,(H,24,25)/b18-10-. The predicted octanol–water partition coefficient (Wildman–Crippen LogP) is 3.18. The zero-order chi connectivity index (χ0) is 23.3. The minimum atomic E-state index is -1.12. The molecule has 0 saturated carbocycles. The van der Waals surface area contributed by atoms with Gasteiger partial charge < -0.3 is 19.3 Å². The first kappa shape index (κ1) is 22.9. The summed E-state index contributed by atoms with van der Waals surface area (Å²) in [5.41, 5.74) is 1.51. The van der Waals surface area contributed by atoms with Crippen molar-refractivity contribution in [2.24, 2.45) is 0 Å². The van der Waals surface area contributed by atoms with Crippen LogP contribution in [0.1, 0.15) is 21.5 Å². The van der Waals surface area contributed by atoms with E-state index in [2.05, 4.69) is 0 Å². The van der Waals surface area contributed by atoms with Gasteiger partial charge in [-0.3, -0.25) is 14.5 Å². The summed E-state index contributed by atoms with van der Waals surface area (Å²) < 4.78 is 15.1. The topological polar surface area (TPSA) is 119 Å². The second kappa shape index (κ2) is 10.0. The molecule has 0 aromatic heterocycles. The van der Waals surface area contributed by atoms with Gasteiger partial charge in [0.15, 0.2) is 18.1 Å². The van der Waals surface area contributed by atoms with Crippen molar-refractivity contribution >= 4 is 40.9 Å². The number of aliphatic carboxylic acids is 1. The normalized spacial score (nSPS) is 14.6. The Bertz CT molecular complexity index is 1110. The number of imide groups is 1. The van der Waals surface area contributed by atoms with Crippen molar-refractivity contribution in [1.29, 1.82) is 0 Å². The Labute approximate surface area is 187 Å². The molecule has 9 nitrogen and oxygen atoms in total. The van der Waals surface area contributed by atoms with Crippen molar-refractivity contribution in [3.8, 4) is 11.5 Å². The summed E-state index contributed by atoms with van der Waals surface area (Å²) in [6, 6.07) is 11.2. The number of hydrogen-bond donors (Lipinski definition) is 1. The molecular weight excluding hydrogens is 438 g/mol. The lowest BCUT2D eigenvalue weighted by atomic mass is 10.1. The first-order valence-electron chi connectivity index (χ1n) is 9.27. The van der Waals surface area contributed by atoms with E-state index in [1.54, 1.807) is 42.5 Å². The highest BCUT2D eigenvalue weighted by Gasteiger charge is 2.35. The molecular formula is C22H19NO8S. The summed E-state index contributed by atoms with van der Waals surface area (Å²) in [7, 11) is 2.68. The largest absolute Gasteiger partial charge is 0.493 e. The lowest BCUT2D eigenvalue weighted by Crippen LogP contribution is -2.27. The quantitative estimate of drug-likeness (QED) is 0.471. The number of methoxy groups -OCH3 is 2. The highest BCUT2D eigenvalue weighted by Crippen LogP contribution is 2.35. The number of ether oxygens (including phenoxy) is 3. The maximum absolute atomic E-state index is 12.8. The number of rotatable bonds is 8.